The van der Waals surface area contributed by atoms with Gasteiger partial charge in [-0.05, 0) is 36.8 Å². The lowest BCUT2D eigenvalue weighted by Gasteiger charge is -2.24. The highest BCUT2D eigenvalue weighted by molar-refractivity contribution is 5.59. The number of nitriles is 2. The lowest BCUT2D eigenvalue weighted by Crippen LogP contribution is -2.33. The van der Waals surface area contributed by atoms with E-state index in [0.29, 0.717) is 12.2 Å². The molecular formula is C21H22N4O. The monoisotopic (exact) mass is 346 g/mol. The molecule has 0 aromatic heterocycles. The van der Waals surface area contributed by atoms with Gasteiger partial charge < -0.3 is 9.64 Å². The predicted octanol–water partition coefficient (Wildman–Crippen LogP) is 3.02. The molecule has 1 heterocycles. The van der Waals surface area contributed by atoms with Crippen molar-refractivity contribution >= 4 is 5.69 Å². The molecule has 0 bridgehead atoms. The molecule has 1 saturated heterocycles. The van der Waals surface area contributed by atoms with E-state index in [1.54, 1.807) is 12.1 Å². The van der Waals surface area contributed by atoms with Crippen molar-refractivity contribution in [2.24, 2.45) is 0 Å². The fraction of sp³-hybridized carbons (Fsp3) is 0.333. The van der Waals surface area contributed by atoms with Crippen molar-refractivity contribution in [3.63, 3.8) is 0 Å². The Bertz CT molecular complexity index is 821. The van der Waals surface area contributed by atoms with Crippen molar-refractivity contribution in [3.05, 3.63) is 59.7 Å². The summed E-state index contributed by atoms with van der Waals surface area (Å²) in [5, 5.41) is 18.2. The van der Waals surface area contributed by atoms with E-state index < -0.39 is 0 Å². The van der Waals surface area contributed by atoms with E-state index in [0.717, 1.165) is 56.1 Å². The predicted molar refractivity (Wildman–Crippen MR) is 101 cm³/mol. The van der Waals surface area contributed by atoms with Crippen molar-refractivity contribution in [3.8, 4) is 17.9 Å². The molecule has 0 unspecified atom stereocenters. The van der Waals surface area contributed by atoms with Crippen molar-refractivity contribution in [2.75, 3.05) is 44.2 Å². The maximum absolute atomic E-state index is 9.31. The zero-order chi connectivity index (χ0) is 18.2. The maximum atomic E-state index is 9.31. The second-order valence-corrected chi connectivity index (χ2v) is 6.30. The molecule has 0 amide bonds. The van der Waals surface area contributed by atoms with Gasteiger partial charge in [0, 0.05) is 32.7 Å². The fourth-order valence-corrected chi connectivity index (χ4v) is 3.23. The van der Waals surface area contributed by atoms with Crippen LogP contribution >= 0.6 is 0 Å². The average Bonchev–Trinajstić information content (AvgIpc) is 2.94. The Kier molecular flexibility index (Phi) is 6.09. The molecule has 5 heteroatoms. The summed E-state index contributed by atoms with van der Waals surface area (Å²) in [5.74, 6) is 0.739. The van der Waals surface area contributed by atoms with Gasteiger partial charge in [-0.2, -0.15) is 10.5 Å². The Morgan fingerprint density at radius 2 is 1.81 bits per heavy atom. The molecule has 0 saturated carbocycles. The summed E-state index contributed by atoms with van der Waals surface area (Å²) in [6.45, 7) is 5.28. The number of ether oxygens (including phenoxy) is 1. The van der Waals surface area contributed by atoms with E-state index in [4.69, 9.17) is 10.00 Å². The molecule has 3 rings (SSSR count). The Balaban J connectivity index is 1.51. The van der Waals surface area contributed by atoms with Crippen LogP contribution in [0.1, 0.15) is 17.5 Å². The van der Waals surface area contributed by atoms with Crippen LogP contribution in [0.5, 0.6) is 5.75 Å². The number of benzene rings is 2. The summed E-state index contributed by atoms with van der Waals surface area (Å²) in [6, 6.07) is 19.5. The summed E-state index contributed by atoms with van der Waals surface area (Å²) >= 11 is 0. The Hall–Kier alpha value is -3.02. The molecule has 2 aromatic rings. The molecule has 1 aliphatic heterocycles. The topological polar surface area (TPSA) is 63.3 Å². The van der Waals surface area contributed by atoms with Crippen LogP contribution in [0.15, 0.2) is 48.5 Å². The number of nitrogens with zero attached hydrogens (tertiary/aromatic N) is 4. The van der Waals surface area contributed by atoms with Gasteiger partial charge in [-0.15, -0.1) is 0 Å². The molecule has 26 heavy (non-hydrogen) atoms. The summed E-state index contributed by atoms with van der Waals surface area (Å²) < 4.78 is 5.79. The highest BCUT2D eigenvalue weighted by atomic mass is 16.5. The molecule has 1 aliphatic rings. The Morgan fingerprint density at radius 1 is 0.923 bits per heavy atom. The summed E-state index contributed by atoms with van der Waals surface area (Å²) in [5.41, 5.74) is 2.38. The van der Waals surface area contributed by atoms with Crippen LogP contribution < -0.4 is 9.64 Å². The molecule has 1 fully saturated rings. The van der Waals surface area contributed by atoms with Gasteiger partial charge in [-0.25, -0.2) is 0 Å². The number of hydrogen-bond donors (Lipinski definition) is 0. The zero-order valence-electron chi connectivity index (χ0n) is 14.8. The normalized spacial score (nSPS) is 14.9. The zero-order valence-corrected chi connectivity index (χ0v) is 14.8. The van der Waals surface area contributed by atoms with Crippen molar-refractivity contribution < 1.29 is 4.74 Å². The number of para-hydroxylation sites is 1. The number of rotatable bonds is 5. The molecule has 0 atom stereocenters. The van der Waals surface area contributed by atoms with Crippen LogP contribution in [0.25, 0.3) is 0 Å². The third-order valence-electron chi connectivity index (χ3n) is 4.59. The lowest BCUT2D eigenvalue weighted by molar-refractivity contribution is 0.218. The third kappa shape index (κ3) is 4.53. The fourth-order valence-electron chi connectivity index (χ4n) is 3.23. The molecule has 0 aliphatic carbocycles. The minimum Gasteiger partial charge on any atom is -0.492 e. The van der Waals surface area contributed by atoms with Gasteiger partial charge in [0.2, 0.25) is 0 Å². The first-order chi connectivity index (χ1) is 12.8. The quantitative estimate of drug-likeness (QED) is 0.833. The van der Waals surface area contributed by atoms with Gasteiger partial charge in [0.15, 0.2) is 0 Å². The van der Waals surface area contributed by atoms with Gasteiger partial charge >= 0.3 is 0 Å². The van der Waals surface area contributed by atoms with Gasteiger partial charge in [0.25, 0.3) is 0 Å². The van der Waals surface area contributed by atoms with Gasteiger partial charge in [-0.3, -0.25) is 4.90 Å². The molecule has 5 nitrogen and oxygen atoms in total. The Morgan fingerprint density at radius 3 is 2.65 bits per heavy atom. The molecule has 0 N–H and O–H groups in total. The standard InChI is InChI=1S/C21H22N4O/c22-16-18-5-3-7-20(15-18)26-14-13-24-9-4-10-25(12-11-24)21-8-2-1-6-19(21)17-23/h1-3,5-8,15H,4,9-14H2. The van der Waals surface area contributed by atoms with Crippen LogP contribution in [-0.2, 0) is 0 Å². The minimum absolute atomic E-state index is 0.601. The molecular weight excluding hydrogens is 324 g/mol. The first kappa shape index (κ1) is 17.8. The van der Waals surface area contributed by atoms with Crippen molar-refractivity contribution in [2.45, 2.75) is 6.42 Å². The largest absolute Gasteiger partial charge is 0.492 e. The highest BCUT2D eigenvalue weighted by Gasteiger charge is 2.17. The minimum atomic E-state index is 0.601. The van der Waals surface area contributed by atoms with E-state index in [2.05, 4.69) is 21.9 Å². The number of anilines is 1. The summed E-state index contributed by atoms with van der Waals surface area (Å²) in [7, 11) is 0. The molecule has 0 spiro atoms. The van der Waals surface area contributed by atoms with Gasteiger partial charge in [-0.1, -0.05) is 18.2 Å². The van der Waals surface area contributed by atoms with Crippen LogP contribution in [0.2, 0.25) is 0 Å². The summed E-state index contributed by atoms with van der Waals surface area (Å²) in [4.78, 5) is 4.69. The smallest absolute Gasteiger partial charge is 0.120 e. The van der Waals surface area contributed by atoms with Crippen molar-refractivity contribution in [1.82, 2.24) is 4.90 Å². The van der Waals surface area contributed by atoms with E-state index >= 15 is 0 Å². The van der Waals surface area contributed by atoms with Crippen LogP contribution in [-0.4, -0.2) is 44.2 Å². The van der Waals surface area contributed by atoms with Crippen LogP contribution in [0, 0.1) is 22.7 Å². The van der Waals surface area contributed by atoms with Gasteiger partial charge in [0.1, 0.15) is 18.4 Å². The maximum Gasteiger partial charge on any atom is 0.120 e. The first-order valence-corrected chi connectivity index (χ1v) is 8.89. The van der Waals surface area contributed by atoms with Crippen LogP contribution in [0.3, 0.4) is 0 Å². The van der Waals surface area contributed by atoms with Crippen LogP contribution in [0.4, 0.5) is 5.69 Å². The highest BCUT2D eigenvalue weighted by Crippen LogP contribution is 2.21. The lowest BCUT2D eigenvalue weighted by atomic mass is 10.1. The van der Waals surface area contributed by atoms with Crippen molar-refractivity contribution in [1.29, 1.82) is 10.5 Å². The second-order valence-electron chi connectivity index (χ2n) is 6.30. The number of hydrogen-bond acceptors (Lipinski definition) is 5. The third-order valence-corrected chi connectivity index (χ3v) is 4.59. The molecule has 132 valence electrons. The van der Waals surface area contributed by atoms with Gasteiger partial charge in [0.05, 0.1) is 22.9 Å². The SMILES string of the molecule is N#Cc1cccc(OCCN2CCCN(c3ccccc3C#N)CC2)c1. The van der Waals surface area contributed by atoms with E-state index in [-0.39, 0.29) is 0 Å². The molecule has 0 radical (unpaired) electrons. The Labute approximate surface area is 154 Å². The first-order valence-electron chi connectivity index (χ1n) is 8.89. The second kappa shape index (κ2) is 8.89. The van der Waals surface area contributed by atoms with E-state index in [1.165, 1.54) is 0 Å². The molecule has 2 aromatic carbocycles. The summed E-state index contributed by atoms with van der Waals surface area (Å²) in [6.07, 6.45) is 1.06. The average molecular weight is 346 g/mol. The van der Waals surface area contributed by atoms with E-state index in [1.807, 2.05) is 36.4 Å². The van der Waals surface area contributed by atoms with E-state index in [9.17, 15) is 5.26 Å².